The zero-order valence-electron chi connectivity index (χ0n) is 11.7. The summed E-state index contributed by atoms with van der Waals surface area (Å²) in [5.41, 5.74) is 2.41. The molecular formula is C15H12FN3OS2. The van der Waals surface area contributed by atoms with Gasteiger partial charge in [-0.1, -0.05) is 0 Å². The molecule has 0 radical (unpaired) electrons. The average Bonchev–Trinajstić information content (AvgIpc) is 3.09. The summed E-state index contributed by atoms with van der Waals surface area (Å²) >= 11 is 2.83. The lowest BCUT2D eigenvalue weighted by molar-refractivity contribution is -0.115. The predicted molar refractivity (Wildman–Crippen MR) is 86.7 cm³/mol. The second-order valence-electron chi connectivity index (χ2n) is 4.67. The van der Waals surface area contributed by atoms with Crippen molar-refractivity contribution in [3.05, 3.63) is 52.2 Å². The van der Waals surface area contributed by atoms with Gasteiger partial charge in [0, 0.05) is 16.3 Å². The highest BCUT2D eigenvalue weighted by molar-refractivity contribution is 7.14. The highest BCUT2D eigenvalue weighted by Crippen LogP contribution is 2.24. The molecule has 1 N–H and O–H groups in total. The molecule has 2 aromatic heterocycles. The number of amides is 1. The summed E-state index contributed by atoms with van der Waals surface area (Å²) in [4.78, 5) is 20.6. The fraction of sp³-hybridized carbons (Fsp3) is 0.133. The number of rotatable bonds is 4. The molecular weight excluding hydrogens is 321 g/mol. The molecule has 1 amide bonds. The van der Waals surface area contributed by atoms with Crippen molar-refractivity contribution in [2.45, 2.75) is 13.3 Å². The summed E-state index contributed by atoms with van der Waals surface area (Å²) in [6.07, 6.45) is 0.191. The van der Waals surface area contributed by atoms with E-state index in [4.69, 9.17) is 0 Å². The molecule has 0 unspecified atom stereocenters. The van der Waals surface area contributed by atoms with E-state index in [9.17, 15) is 9.18 Å². The third-order valence-corrected chi connectivity index (χ3v) is 4.67. The Balaban J connectivity index is 1.66. The lowest BCUT2D eigenvalue weighted by Crippen LogP contribution is -2.14. The summed E-state index contributed by atoms with van der Waals surface area (Å²) in [5, 5.41) is 7.84. The fourth-order valence-electron chi connectivity index (χ4n) is 1.85. The Hall–Kier alpha value is -2.12. The quantitative estimate of drug-likeness (QED) is 0.788. The summed E-state index contributed by atoms with van der Waals surface area (Å²) in [6, 6.07) is 6.15. The first-order valence-electron chi connectivity index (χ1n) is 6.52. The third kappa shape index (κ3) is 3.55. The van der Waals surface area contributed by atoms with E-state index in [1.807, 2.05) is 17.7 Å². The van der Waals surface area contributed by atoms with Gasteiger partial charge in [-0.25, -0.2) is 14.4 Å². The molecule has 0 spiro atoms. The molecule has 0 fully saturated rings. The fourth-order valence-corrected chi connectivity index (χ4v) is 3.38. The smallest absolute Gasteiger partial charge is 0.232 e. The summed E-state index contributed by atoms with van der Waals surface area (Å²) in [7, 11) is 0. The van der Waals surface area contributed by atoms with Gasteiger partial charge in [0.1, 0.15) is 10.8 Å². The minimum absolute atomic E-state index is 0.148. The van der Waals surface area contributed by atoms with Crippen LogP contribution in [0.15, 0.2) is 35.0 Å². The number of hydrogen-bond acceptors (Lipinski definition) is 5. The van der Waals surface area contributed by atoms with Crippen molar-refractivity contribution in [3.8, 4) is 10.6 Å². The van der Waals surface area contributed by atoms with E-state index >= 15 is 0 Å². The van der Waals surface area contributed by atoms with Crippen LogP contribution in [-0.4, -0.2) is 15.9 Å². The number of carbonyl (C=O) groups excluding carboxylic acids is 1. The standard InChI is InChI=1S/C15H12FN3OS2/c1-9-7-22-15(17-9)19-13(20)6-12-8-21-14(18-12)10-2-4-11(16)5-3-10/h2-5,7-8H,6H2,1H3,(H,17,19,20). The minimum atomic E-state index is -0.279. The van der Waals surface area contributed by atoms with Crippen molar-refractivity contribution in [1.82, 2.24) is 9.97 Å². The molecule has 3 aromatic rings. The van der Waals surface area contributed by atoms with Crippen LogP contribution in [-0.2, 0) is 11.2 Å². The van der Waals surface area contributed by atoms with Gasteiger partial charge in [0.25, 0.3) is 0 Å². The zero-order chi connectivity index (χ0) is 15.5. The van der Waals surface area contributed by atoms with Crippen molar-refractivity contribution in [1.29, 1.82) is 0 Å². The number of aromatic nitrogens is 2. The number of carbonyl (C=O) groups is 1. The molecule has 0 aliphatic rings. The number of benzene rings is 1. The molecule has 7 heteroatoms. The average molecular weight is 333 g/mol. The molecule has 0 aliphatic carbocycles. The number of nitrogens with zero attached hydrogens (tertiary/aromatic N) is 2. The van der Waals surface area contributed by atoms with E-state index in [0.29, 0.717) is 10.8 Å². The van der Waals surface area contributed by atoms with Crippen LogP contribution in [0.3, 0.4) is 0 Å². The van der Waals surface area contributed by atoms with Crippen LogP contribution in [0.2, 0.25) is 0 Å². The first-order chi connectivity index (χ1) is 10.6. The summed E-state index contributed by atoms with van der Waals surface area (Å²) in [6.45, 7) is 1.88. The number of aryl methyl sites for hydroxylation is 1. The maximum absolute atomic E-state index is 12.9. The molecule has 0 atom stereocenters. The molecule has 0 saturated carbocycles. The van der Waals surface area contributed by atoms with Crippen LogP contribution in [0.4, 0.5) is 9.52 Å². The van der Waals surface area contributed by atoms with E-state index in [-0.39, 0.29) is 18.1 Å². The van der Waals surface area contributed by atoms with E-state index in [2.05, 4.69) is 15.3 Å². The number of thiazole rings is 2. The van der Waals surface area contributed by atoms with E-state index in [1.54, 1.807) is 12.1 Å². The van der Waals surface area contributed by atoms with Gasteiger partial charge in [-0.15, -0.1) is 22.7 Å². The Bertz CT molecular complexity index is 795. The molecule has 22 heavy (non-hydrogen) atoms. The molecule has 1 aromatic carbocycles. The van der Waals surface area contributed by atoms with Gasteiger partial charge in [0.05, 0.1) is 17.8 Å². The van der Waals surface area contributed by atoms with Gasteiger partial charge in [0.15, 0.2) is 5.13 Å². The van der Waals surface area contributed by atoms with Crippen molar-refractivity contribution in [3.63, 3.8) is 0 Å². The van der Waals surface area contributed by atoms with E-state index < -0.39 is 0 Å². The Labute approximate surface area is 134 Å². The second kappa shape index (κ2) is 6.33. The Morgan fingerprint density at radius 1 is 1.18 bits per heavy atom. The largest absolute Gasteiger partial charge is 0.302 e. The lowest BCUT2D eigenvalue weighted by Gasteiger charge is -1.99. The Morgan fingerprint density at radius 3 is 2.64 bits per heavy atom. The first kappa shape index (κ1) is 14.8. The van der Waals surface area contributed by atoms with Crippen LogP contribution in [0.5, 0.6) is 0 Å². The second-order valence-corrected chi connectivity index (χ2v) is 6.39. The predicted octanol–water partition coefficient (Wildman–Crippen LogP) is 3.90. The maximum Gasteiger partial charge on any atom is 0.232 e. The minimum Gasteiger partial charge on any atom is -0.302 e. The molecule has 0 aliphatic heterocycles. The van der Waals surface area contributed by atoms with Crippen LogP contribution in [0.1, 0.15) is 11.4 Å². The molecule has 0 saturated heterocycles. The monoisotopic (exact) mass is 333 g/mol. The molecule has 4 nitrogen and oxygen atoms in total. The lowest BCUT2D eigenvalue weighted by atomic mass is 10.2. The van der Waals surface area contributed by atoms with Crippen LogP contribution >= 0.6 is 22.7 Å². The Morgan fingerprint density at radius 2 is 1.95 bits per heavy atom. The number of nitrogens with one attached hydrogen (secondary N) is 1. The van der Waals surface area contributed by atoms with Crippen molar-refractivity contribution < 1.29 is 9.18 Å². The van der Waals surface area contributed by atoms with E-state index in [0.717, 1.165) is 16.3 Å². The number of halogens is 1. The highest BCUT2D eigenvalue weighted by atomic mass is 32.1. The number of hydrogen-bond donors (Lipinski definition) is 1. The van der Waals surface area contributed by atoms with Crippen LogP contribution in [0.25, 0.3) is 10.6 Å². The van der Waals surface area contributed by atoms with Crippen molar-refractivity contribution >= 4 is 33.7 Å². The summed E-state index contributed by atoms with van der Waals surface area (Å²) in [5.74, 6) is -0.427. The SMILES string of the molecule is Cc1csc(NC(=O)Cc2csc(-c3ccc(F)cc3)n2)n1. The van der Waals surface area contributed by atoms with Gasteiger partial charge in [-0.05, 0) is 31.2 Å². The third-order valence-electron chi connectivity index (χ3n) is 2.85. The topological polar surface area (TPSA) is 54.9 Å². The van der Waals surface area contributed by atoms with E-state index in [1.165, 1.54) is 34.8 Å². The number of anilines is 1. The van der Waals surface area contributed by atoms with Gasteiger partial charge >= 0.3 is 0 Å². The summed E-state index contributed by atoms with van der Waals surface area (Å²) < 4.78 is 12.9. The zero-order valence-corrected chi connectivity index (χ0v) is 13.3. The highest BCUT2D eigenvalue weighted by Gasteiger charge is 2.10. The molecule has 112 valence electrons. The van der Waals surface area contributed by atoms with Crippen LogP contribution < -0.4 is 5.32 Å². The van der Waals surface area contributed by atoms with Crippen LogP contribution in [0, 0.1) is 12.7 Å². The normalized spacial score (nSPS) is 10.6. The molecule has 3 rings (SSSR count). The van der Waals surface area contributed by atoms with Gasteiger partial charge in [-0.3, -0.25) is 4.79 Å². The van der Waals surface area contributed by atoms with Gasteiger partial charge in [-0.2, -0.15) is 0 Å². The van der Waals surface area contributed by atoms with Gasteiger partial charge in [0.2, 0.25) is 5.91 Å². The maximum atomic E-state index is 12.9. The molecule has 2 heterocycles. The van der Waals surface area contributed by atoms with Crippen molar-refractivity contribution in [2.75, 3.05) is 5.32 Å². The van der Waals surface area contributed by atoms with Crippen molar-refractivity contribution in [2.24, 2.45) is 0 Å². The van der Waals surface area contributed by atoms with Gasteiger partial charge < -0.3 is 5.32 Å². The first-order valence-corrected chi connectivity index (χ1v) is 8.28. The Kier molecular flexibility index (Phi) is 4.26. The molecule has 0 bridgehead atoms.